The largest absolute Gasteiger partial charge is 0.472 e. The fraction of sp³-hybridized carbons (Fsp3) is 0.944. The average molecular weight is 717 g/mol. The first-order valence-corrected chi connectivity index (χ1v) is 18.2. The quantitative estimate of drug-likeness (QED) is 0.282. The number of aliphatic imine (C=N–C) groups is 1. The van der Waals surface area contributed by atoms with Gasteiger partial charge in [0.05, 0.1) is 48.4 Å². The average Bonchev–Trinajstić information content (AvgIpc) is 3.03. The Balaban J connectivity index is 1.83. The smallest absolute Gasteiger partial charge is 0.308 e. The van der Waals surface area contributed by atoms with Crippen LogP contribution in [0.15, 0.2) is 4.99 Å². The highest BCUT2D eigenvalue weighted by Crippen LogP contribution is 2.42. The highest BCUT2D eigenvalue weighted by molar-refractivity contribution is 5.80. The number of esters is 1. The summed E-state index contributed by atoms with van der Waals surface area (Å²) in [5, 5.41) is 45.7. The molecule has 0 aliphatic carbocycles. The van der Waals surface area contributed by atoms with Crippen molar-refractivity contribution in [2.75, 3.05) is 21.2 Å². The zero-order valence-electron chi connectivity index (χ0n) is 32.1. The zero-order chi connectivity index (χ0) is 37.5. The molecular weight excluding hydrogens is 652 g/mol. The second-order valence-corrected chi connectivity index (χ2v) is 16.1. The summed E-state index contributed by atoms with van der Waals surface area (Å²) in [6, 6.07) is -0.520. The van der Waals surface area contributed by atoms with Gasteiger partial charge in [0.2, 0.25) is 0 Å². The van der Waals surface area contributed by atoms with E-state index in [1.54, 1.807) is 27.7 Å². The number of aliphatic hydroxyl groups is 4. The number of nitrogens with zero attached hydrogens (tertiary/aromatic N) is 2. The lowest BCUT2D eigenvalue weighted by Gasteiger charge is -2.50. The Hall–Kier alpha value is -1.46. The third-order valence-corrected chi connectivity index (χ3v) is 11.5. The van der Waals surface area contributed by atoms with Crippen LogP contribution in [0.1, 0.15) is 94.4 Å². The minimum absolute atomic E-state index is 0.170. The first-order chi connectivity index (χ1) is 23.2. The molecule has 14 nitrogen and oxygen atoms in total. The van der Waals surface area contributed by atoms with Crippen LogP contribution in [0.25, 0.3) is 0 Å². The number of aliphatic hydroxyl groups excluding tert-OH is 3. The number of hydrogen-bond acceptors (Lipinski definition) is 14. The fourth-order valence-electron chi connectivity index (χ4n) is 8.33. The Morgan fingerprint density at radius 2 is 1.64 bits per heavy atom. The molecular formula is C36H64N2O12. The van der Waals surface area contributed by atoms with E-state index in [4.69, 9.17) is 38.2 Å². The van der Waals surface area contributed by atoms with Gasteiger partial charge < -0.3 is 58.5 Å². The number of ether oxygens (including phenoxy) is 7. The molecule has 0 aromatic rings. The molecule has 3 fully saturated rings. The van der Waals surface area contributed by atoms with Crippen molar-refractivity contribution in [3.05, 3.63) is 0 Å². The summed E-state index contributed by atoms with van der Waals surface area (Å²) in [5.74, 6) is -1.82. The minimum atomic E-state index is -1.85. The maximum Gasteiger partial charge on any atom is 0.308 e. The van der Waals surface area contributed by atoms with Crippen molar-refractivity contribution in [1.82, 2.24) is 4.90 Å². The molecule has 0 spiro atoms. The molecule has 14 heteroatoms. The summed E-state index contributed by atoms with van der Waals surface area (Å²) in [6.45, 7) is 16.1. The lowest BCUT2D eigenvalue weighted by Crippen LogP contribution is -2.61. The van der Waals surface area contributed by atoms with E-state index in [9.17, 15) is 25.2 Å². The van der Waals surface area contributed by atoms with Gasteiger partial charge in [-0.3, -0.25) is 9.79 Å². The van der Waals surface area contributed by atoms with Gasteiger partial charge >= 0.3 is 5.97 Å². The van der Waals surface area contributed by atoms with Gasteiger partial charge in [0.15, 0.2) is 18.5 Å². The Bertz CT molecular complexity index is 1190. The van der Waals surface area contributed by atoms with Crippen LogP contribution in [0.3, 0.4) is 0 Å². The number of rotatable bonds is 7. The molecule has 17 atom stereocenters. The monoisotopic (exact) mass is 716 g/mol. The van der Waals surface area contributed by atoms with Gasteiger partial charge in [0.25, 0.3) is 0 Å². The number of likely N-dealkylation sites (N-methyl/N-ethyl adjacent to an activating group) is 1. The molecule has 4 aliphatic heterocycles. The van der Waals surface area contributed by atoms with Gasteiger partial charge in [-0.05, 0) is 68.5 Å². The molecule has 50 heavy (non-hydrogen) atoms. The van der Waals surface area contributed by atoms with E-state index < -0.39 is 89.9 Å². The summed E-state index contributed by atoms with van der Waals surface area (Å²) < 4.78 is 44.3. The molecule has 290 valence electrons. The molecule has 4 aliphatic rings. The molecule has 0 unspecified atom stereocenters. The van der Waals surface area contributed by atoms with Crippen molar-refractivity contribution < 1.29 is 58.4 Å². The highest BCUT2D eigenvalue weighted by atomic mass is 16.7. The van der Waals surface area contributed by atoms with E-state index >= 15 is 0 Å². The van der Waals surface area contributed by atoms with Gasteiger partial charge in [-0.1, -0.05) is 20.8 Å². The van der Waals surface area contributed by atoms with Gasteiger partial charge in [-0.15, -0.1) is 0 Å². The second-order valence-electron chi connectivity index (χ2n) is 16.1. The third kappa shape index (κ3) is 8.50. The lowest BCUT2D eigenvalue weighted by molar-refractivity contribution is -0.314. The molecule has 3 saturated heterocycles. The second kappa shape index (κ2) is 15.9. The van der Waals surface area contributed by atoms with Crippen LogP contribution < -0.4 is 0 Å². The summed E-state index contributed by atoms with van der Waals surface area (Å²) in [5.41, 5.74) is -3.97. The van der Waals surface area contributed by atoms with Crippen molar-refractivity contribution in [3.8, 4) is 0 Å². The van der Waals surface area contributed by atoms with Crippen LogP contribution >= 0.6 is 0 Å². The maximum absolute atomic E-state index is 13.8. The van der Waals surface area contributed by atoms with Crippen molar-refractivity contribution in [1.29, 1.82) is 0 Å². The number of fused-ring (bicyclic) bond motifs is 2. The first kappa shape index (κ1) is 41.3. The Kier molecular flexibility index (Phi) is 13.1. The van der Waals surface area contributed by atoms with E-state index in [0.717, 1.165) is 0 Å². The number of carbonyl (C=O) groups is 1. The van der Waals surface area contributed by atoms with E-state index in [0.29, 0.717) is 12.8 Å². The number of hydrogen-bond donors (Lipinski definition) is 4. The molecule has 0 aromatic carbocycles. The topological polar surface area (TPSA) is 178 Å². The standard InChI is InChI=1S/C36H64N2O12/c1-13-25-36(9,43)29(41)21(5)32-37-18(2)16-35(8,50-32)31(49-33-28(40)23(38(10)11)14-19(3)45-33)20(4)24(15-26(39)48-25)47-27-17-34(7,44-12)30(42)22(6)46-27/h18-25,27-31,33,40-43H,13-17H2,1-12H3/t18-,19-,20+,21-,22+,23+,24-,25-,27+,28-,29-,30+,31-,33+,34-,35-,36-/m1/s1. The molecule has 0 amide bonds. The lowest BCUT2D eigenvalue weighted by atomic mass is 9.79. The van der Waals surface area contributed by atoms with Crippen LogP contribution in [0, 0.1) is 11.8 Å². The van der Waals surface area contributed by atoms with Crippen LogP contribution in [0.2, 0.25) is 0 Å². The van der Waals surface area contributed by atoms with Crippen molar-refractivity contribution in [2.24, 2.45) is 16.8 Å². The van der Waals surface area contributed by atoms with E-state index in [1.165, 1.54) is 14.0 Å². The van der Waals surface area contributed by atoms with E-state index in [-0.39, 0.29) is 43.3 Å². The Morgan fingerprint density at radius 1 is 0.980 bits per heavy atom. The van der Waals surface area contributed by atoms with Crippen LogP contribution in [-0.2, 0) is 38.0 Å². The third-order valence-electron chi connectivity index (χ3n) is 11.5. The van der Waals surface area contributed by atoms with Gasteiger partial charge in [0.1, 0.15) is 35.6 Å². The maximum atomic E-state index is 13.8. The van der Waals surface area contributed by atoms with Crippen molar-refractivity contribution in [3.63, 3.8) is 0 Å². The minimum Gasteiger partial charge on any atom is -0.472 e. The molecule has 4 rings (SSSR count). The Labute approximate surface area is 297 Å². The Morgan fingerprint density at radius 3 is 2.24 bits per heavy atom. The predicted molar refractivity (Wildman–Crippen MR) is 183 cm³/mol. The molecule has 0 saturated carbocycles. The number of cyclic esters (lactones) is 1. The summed E-state index contributed by atoms with van der Waals surface area (Å²) in [6.07, 6.45) is -7.84. The number of methoxy groups -OCH3 is 1. The van der Waals surface area contributed by atoms with Crippen LogP contribution in [-0.4, -0.2) is 149 Å². The first-order valence-electron chi connectivity index (χ1n) is 18.2. The van der Waals surface area contributed by atoms with Crippen LogP contribution in [0.5, 0.6) is 0 Å². The molecule has 4 heterocycles. The normalized spacial score (nSPS) is 49.5. The highest BCUT2D eigenvalue weighted by Gasteiger charge is 2.54. The number of carbonyl (C=O) groups excluding carboxylic acids is 1. The van der Waals surface area contributed by atoms with Gasteiger partial charge in [0, 0.05) is 31.9 Å². The summed E-state index contributed by atoms with van der Waals surface area (Å²) in [4.78, 5) is 20.5. The SMILES string of the molecule is CC[C@H]1OC(=O)C[C@@H](O[C@H]2C[C@@](C)(OC)[C@@H](O)[C@H](C)O2)[C@H](C)[C@@H](O[C@@H]2O[C@H](C)C[C@H](N(C)C)[C@H]2O)[C@@]2(C)C[C@@H](C)N=C(O2)[C@H](C)[C@@H](O)[C@]1(C)O. The molecule has 0 aromatic heterocycles. The van der Waals surface area contributed by atoms with Gasteiger partial charge in [-0.25, -0.2) is 0 Å². The summed E-state index contributed by atoms with van der Waals surface area (Å²) in [7, 11) is 5.32. The molecule has 4 N–H and O–H groups in total. The van der Waals surface area contributed by atoms with Crippen molar-refractivity contribution >= 4 is 11.9 Å². The molecule has 2 bridgehead atoms. The van der Waals surface area contributed by atoms with E-state index in [1.807, 2.05) is 46.7 Å². The zero-order valence-corrected chi connectivity index (χ0v) is 32.1. The van der Waals surface area contributed by atoms with E-state index in [2.05, 4.69) is 0 Å². The van der Waals surface area contributed by atoms with Crippen molar-refractivity contribution in [2.45, 2.75) is 185 Å². The van der Waals surface area contributed by atoms with Crippen LogP contribution in [0.4, 0.5) is 0 Å². The summed E-state index contributed by atoms with van der Waals surface area (Å²) >= 11 is 0. The predicted octanol–water partition coefficient (Wildman–Crippen LogP) is 2.16. The van der Waals surface area contributed by atoms with Gasteiger partial charge in [-0.2, -0.15) is 0 Å². The molecule has 0 radical (unpaired) electrons. The fourth-order valence-corrected chi connectivity index (χ4v) is 8.33.